The van der Waals surface area contributed by atoms with Gasteiger partial charge in [-0.05, 0) is 26.2 Å². The summed E-state index contributed by atoms with van der Waals surface area (Å²) in [5.41, 5.74) is 0.223. The molecule has 1 N–H and O–H groups in total. The first kappa shape index (κ1) is 12.7. The number of hydrogen-bond acceptors (Lipinski definition) is 4. The zero-order valence-electron chi connectivity index (χ0n) is 11.3. The second kappa shape index (κ2) is 4.63. The zero-order chi connectivity index (χ0) is 13.5. The van der Waals surface area contributed by atoms with Crippen LogP contribution < -0.4 is 0 Å². The summed E-state index contributed by atoms with van der Waals surface area (Å²) in [7, 11) is 0. The number of hydrogen-bond donors (Lipinski definition) is 1. The Bertz CT molecular complexity index is 485. The second-order valence-corrected chi connectivity index (χ2v) is 5.89. The van der Waals surface area contributed by atoms with Crippen LogP contribution in [0.4, 0.5) is 0 Å². The average molecular weight is 264 g/mol. The summed E-state index contributed by atoms with van der Waals surface area (Å²) < 4.78 is 5.04. The van der Waals surface area contributed by atoms with E-state index in [-0.39, 0.29) is 11.8 Å². The van der Waals surface area contributed by atoms with Gasteiger partial charge in [0.2, 0.25) is 5.76 Å². The normalized spacial score (nSPS) is 31.1. The van der Waals surface area contributed by atoms with Crippen LogP contribution in [-0.2, 0) is 0 Å². The summed E-state index contributed by atoms with van der Waals surface area (Å²) in [6.45, 7) is 3.06. The van der Waals surface area contributed by atoms with Crippen molar-refractivity contribution in [3.05, 3.63) is 17.5 Å². The topological polar surface area (TPSA) is 66.6 Å². The average Bonchev–Trinajstić information content (AvgIpc) is 2.83. The van der Waals surface area contributed by atoms with Crippen molar-refractivity contribution in [3.8, 4) is 0 Å². The van der Waals surface area contributed by atoms with E-state index in [0.29, 0.717) is 25.3 Å². The third-order valence-corrected chi connectivity index (χ3v) is 4.66. The fraction of sp³-hybridized carbons (Fsp3) is 0.714. The Kier molecular flexibility index (Phi) is 3.09. The third kappa shape index (κ3) is 2.16. The number of rotatable bonds is 1. The van der Waals surface area contributed by atoms with Crippen LogP contribution in [0.25, 0.3) is 0 Å². The van der Waals surface area contributed by atoms with Crippen LogP contribution >= 0.6 is 0 Å². The van der Waals surface area contributed by atoms with Gasteiger partial charge in [-0.25, -0.2) is 0 Å². The standard InChI is InChI=1S/C14H20N2O3/c1-10-8-15-19-12(10)13(17)16-7-6-14(18)5-3-2-4-11(14)9-16/h8,11,18H,2-7,9H2,1H3. The molecule has 1 aromatic rings. The predicted octanol–water partition coefficient (Wildman–Crippen LogP) is 1.75. The summed E-state index contributed by atoms with van der Waals surface area (Å²) in [6.07, 6.45) is 6.37. The summed E-state index contributed by atoms with van der Waals surface area (Å²) in [5, 5.41) is 14.3. The van der Waals surface area contributed by atoms with Gasteiger partial charge in [0.05, 0.1) is 11.8 Å². The minimum absolute atomic E-state index is 0.0948. The number of aromatic nitrogens is 1. The van der Waals surface area contributed by atoms with Gasteiger partial charge in [0.25, 0.3) is 5.91 Å². The largest absolute Gasteiger partial charge is 0.389 e. The van der Waals surface area contributed by atoms with Crippen LogP contribution in [0, 0.1) is 12.8 Å². The smallest absolute Gasteiger partial charge is 0.292 e. The lowest BCUT2D eigenvalue weighted by Crippen LogP contribution is -2.54. The molecule has 0 spiro atoms. The predicted molar refractivity (Wildman–Crippen MR) is 68.7 cm³/mol. The molecule has 5 heteroatoms. The van der Waals surface area contributed by atoms with Crippen molar-refractivity contribution in [2.75, 3.05) is 13.1 Å². The molecule has 1 aromatic heterocycles. The van der Waals surface area contributed by atoms with Crippen molar-refractivity contribution in [1.29, 1.82) is 0 Å². The highest BCUT2D eigenvalue weighted by Crippen LogP contribution is 2.40. The van der Waals surface area contributed by atoms with Gasteiger partial charge < -0.3 is 14.5 Å². The van der Waals surface area contributed by atoms with Crippen LogP contribution in [0.3, 0.4) is 0 Å². The summed E-state index contributed by atoms with van der Waals surface area (Å²) in [4.78, 5) is 14.2. The molecule has 2 fully saturated rings. The molecule has 3 rings (SSSR count). The third-order valence-electron chi connectivity index (χ3n) is 4.66. The molecule has 1 aliphatic carbocycles. The van der Waals surface area contributed by atoms with E-state index in [2.05, 4.69) is 5.16 Å². The van der Waals surface area contributed by atoms with Crippen LogP contribution in [0.1, 0.15) is 48.2 Å². The fourth-order valence-electron chi connectivity index (χ4n) is 3.40. The highest BCUT2D eigenvalue weighted by molar-refractivity contribution is 5.92. The van der Waals surface area contributed by atoms with E-state index < -0.39 is 5.60 Å². The number of aryl methyl sites for hydroxylation is 1. The molecule has 1 amide bonds. The minimum Gasteiger partial charge on any atom is -0.389 e. The number of likely N-dealkylation sites (tertiary alicyclic amines) is 1. The van der Waals surface area contributed by atoms with Crippen molar-refractivity contribution in [3.63, 3.8) is 0 Å². The van der Waals surface area contributed by atoms with Gasteiger partial charge in [0, 0.05) is 24.6 Å². The van der Waals surface area contributed by atoms with Gasteiger partial charge in [-0.2, -0.15) is 0 Å². The first-order valence-electron chi connectivity index (χ1n) is 7.03. The number of carbonyl (C=O) groups excluding carboxylic acids is 1. The lowest BCUT2D eigenvalue weighted by atomic mass is 9.71. The van der Waals surface area contributed by atoms with Crippen LogP contribution in [-0.4, -0.2) is 39.8 Å². The van der Waals surface area contributed by atoms with Gasteiger partial charge in [0.1, 0.15) is 0 Å². The number of aliphatic hydroxyl groups is 1. The van der Waals surface area contributed by atoms with E-state index >= 15 is 0 Å². The Hall–Kier alpha value is -1.36. The molecular formula is C14H20N2O3. The Morgan fingerprint density at radius 2 is 2.37 bits per heavy atom. The van der Waals surface area contributed by atoms with Gasteiger partial charge in [-0.3, -0.25) is 4.79 Å². The van der Waals surface area contributed by atoms with Crippen molar-refractivity contribution < 1.29 is 14.4 Å². The van der Waals surface area contributed by atoms with E-state index in [0.717, 1.165) is 31.2 Å². The number of piperidine rings is 1. The molecule has 1 saturated carbocycles. The summed E-state index contributed by atoms with van der Waals surface area (Å²) >= 11 is 0. The van der Waals surface area contributed by atoms with E-state index in [1.165, 1.54) is 0 Å². The molecular weight excluding hydrogens is 244 g/mol. The monoisotopic (exact) mass is 264 g/mol. The maximum Gasteiger partial charge on any atom is 0.292 e. The maximum atomic E-state index is 12.4. The molecule has 19 heavy (non-hydrogen) atoms. The molecule has 1 aliphatic heterocycles. The highest BCUT2D eigenvalue weighted by atomic mass is 16.5. The van der Waals surface area contributed by atoms with Gasteiger partial charge in [-0.1, -0.05) is 18.0 Å². The Labute approximate surface area is 112 Å². The van der Waals surface area contributed by atoms with Crippen molar-refractivity contribution in [2.24, 2.45) is 5.92 Å². The minimum atomic E-state index is -0.550. The maximum absolute atomic E-state index is 12.4. The number of amides is 1. The zero-order valence-corrected chi connectivity index (χ0v) is 11.3. The quantitative estimate of drug-likeness (QED) is 0.839. The molecule has 104 valence electrons. The van der Waals surface area contributed by atoms with Crippen molar-refractivity contribution in [1.82, 2.24) is 10.1 Å². The van der Waals surface area contributed by atoms with E-state index in [4.69, 9.17) is 4.52 Å². The lowest BCUT2D eigenvalue weighted by Gasteiger charge is -2.47. The first-order chi connectivity index (χ1) is 9.10. The number of nitrogens with zero attached hydrogens (tertiary/aromatic N) is 2. The number of fused-ring (bicyclic) bond motifs is 1. The van der Waals surface area contributed by atoms with E-state index in [1.807, 2.05) is 6.92 Å². The van der Waals surface area contributed by atoms with Gasteiger partial charge in [0.15, 0.2) is 0 Å². The van der Waals surface area contributed by atoms with Gasteiger partial charge in [-0.15, -0.1) is 0 Å². The molecule has 2 heterocycles. The molecule has 0 bridgehead atoms. The SMILES string of the molecule is Cc1cnoc1C(=O)N1CCC2(O)CCCCC2C1. The molecule has 5 nitrogen and oxygen atoms in total. The summed E-state index contributed by atoms with van der Waals surface area (Å²) in [5.74, 6) is 0.450. The van der Waals surface area contributed by atoms with Crippen LogP contribution in [0.5, 0.6) is 0 Å². The lowest BCUT2D eigenvalue weighted by molar-refractivity contribution is -0.0889. The van der Waals surface area contributed by atoms with Crippen molar-refractivity contribution >= 4 is 5.91 Å². The van der Waals surface area contributed by atoms with Crippen molar-refractivity contribution in [2.45, 2.75) is 44.6 Å². The Morgan fingerprint density at radius 1 is 1.53 bits per heavy atom. The Morgan fingerprint density at radius 3 is 3.11 bits per heavy atom. The molecule has 0 radical (unpaired) electrons. The molecule has 2 atom stereocenters. The van der Waals surface area contributed by atoms with Crippen LogP contribution in [0.15, 0.2) is 10.7 Å². The number of carbonyl (C=O) groups is 1. The van der Waals surface area contributed by atoms with E-state index in [1.54, 1.807) is 11.1 Å². The van der Waals surface area contributed by atoms with Gasteiger partial charge >= 0.3 is 0 Å². The molecule has 0 aromatic carbocycles. The second-order valence-electron chi connectivity index (χ2n) is 5.89. The Balaban J connectivity index is 1.74. The highest BCUT2D eigenvalue weighted by Gasteiger charge is 2.44. The van der Waals surface area contributed by atoms with E-state index in [9.17, 15) is 9.90 Å². The fourth-order valence-corrected chi connectivity index (χ4v) is 3.40. The molecule has 2 aliphatic rings. The molecule has 1 saturated heterocycles. The summed E-state index contributed by atoms with van der Waals surface area (Å²) in [6, 6.07) is 0. The molecule has 2 unspecified atom stereocenters. The first-order valence-corrected chi connectivity index (χ1v) is 7.03. The van der Waals surface area contributed by atoms with Crippen LogP contribution in [0.2, 0.25) is 0 Å².